The minimum absolute atomic E-state index is 0.326. The Bertz CT molecular complexity index is 660. The molecule has 0 aliphatic rings. The Hall–Kier alpha value is -2.01. The van der Waals surface area contributed by atoms with Crippen LogP contribution in [0.5, 0.6) is 0 Å². The lowest BCUT2D eigenvalue weighted by atomic mass is 10.1. The molecule has 104 valence electrons. The van der Waals surface area contributed by atoms with Crippen LogP contribution in [0.2, 0.25) is 0 Å². The Balaban J connectivity index is 2.48. The fraction of sp³-hybridized carbons (Fsp3) is 0.267. The van der Waals surface area contributed by atoms with Gasteiger partial charge in [-0.25, -0.2) is 0 Å². The van der Waals surface area contributed by atoms with E-state index in [0.717, 1.165) is 22.5 Å². The van der Waals surface area contributed by atoms with E-state index in [-0.39, 0.29) is 0 Å². The van der Waals surface area contributed by atoms with E-state index in [2.05, 4.69) is 35.4 Å². The van der Waals surface area contributed by atoms with Crippen molar-refractivity contribution in [2.45, 2.75) is 27.7 Å². The Kier molecular flexibility index (Phi) is 3.99. The summed E-state index contributed by atoms with van der Waals surface area (Å²) in [5.41, 5.74) is 11.7. The number of nitrogens with two attached hydrogens (primary N) is 1. The Morgan fingerprint density at radius 3 is 2.20 bits per heavy atom. The second-order valence-electron chi connectivity index (χ2n) is 5.00. The number of aromatic nitrogens is 2. The number of rotatable bonds is 3. The summed E-state index contributed by atoms with van der Waals surface area (Å²) >= 11 is 5.13. The molecule has 0 saturated carbocycles. The molecule has 0 fully saturated rings. The van der Waals surface area contributed by atoms with Crippen LogP contribution in [-0.2, 0) is 0 Å². The quantitative estimate of drug-likeness (QED) is 0.849. The van der Waals surface area contributed by atoms with Gasteiger partial charge >= 0.3 is 0 Å². The van der Waals surface area contributed by atoms with Crippen molar-refractivity contribution in [2.75, 3.05) is 5.32 Å². The lowest BCUT2D eigenvalue weighted by Gasteiger charge is -2.14. The van der Waals surface area contributed by atoms with Gasteiger partial charge in [0.1, 0.15) is 4.99 Å². The molecule has 3 N–H and O–H groups in total. The maximum Gasteiger partial charge on any atom is 0.163 e. The monoisotopic (exact) mass is 286 g/mol. The molecule has 0 spiro atoms. The Morgan fingerprint density at radius 1 is 1.05 bits per heavy atom. The van der Waals surface area contributed by atoms with Gasteiger partial charge in [0, 0.05) is 5.69 Å². The average Bonchev–Trinajstić information content (AvgIpc) is 2.32. The molecule has 0 aliphatic heterocycles. The molecule has 0 unspecified atom stereocenters. The second kappa shape index (κ2) is 5.54. The molecule has 2 aromatic rings. The zero-order valence-corrected chi connectivity index (χ0v) is 12.9. The molecule has 1 aromatic carbocycles. The number of nitrogens with one attached hydrogen (secondary N) is 1. The molecule has 2 rings (SSSR count). The fourth-order valence-corrected chi connectivity index (χ4v) is 2.43. The summed E-state index contributed by atoms with van der Waals surface area (Å²) in [6.07, 6.45) is 0. The zero-order valence-electron chi connectivity index (χ0n) is 12.1. The lowest BCUT2D eigenvalue weighted by Crippen LogP contribution is -2.16. The molecule has 1 aromatic heterocycles. The van der Waals surface area contributed by atoms with Crippen molar-refractivity contribution in [1.29, 1.82) is 0 Å². The highest BCUT2D eigenvalue weighted by atomic mass is 32.1. The second-order valence-corrected chi connectivity index (χ2v) is 5.44. The van der Waals surface area contributed by atoms with E-state index in [9.17, 15) is 0 Å². The molecule has 0 saturated heterocycles. The SMILES string of the molecule is Cc1cc(C)cc(Nc2nnc(C)c(C)c2C(N)=S)c1. The van der Waals surface area contributed by atoms with Crippen LogP contribution in [0.3, 0.4) is 0 Å². The highest BCUT2D eigenvalue weighted by Crippen LogP contribution is 2.23. The summed E-state index contributed by atoms with van der Waals surface area (Å²) < 4.78 is 0. The van der Waals surface area contributed by atoms with Gasteiger partial charge in [-0.15, -0.1) is 5.10 Å². The minimum Gasteiger partial charge on any atom is -0.389 e. The van der Waals surface area contributed by atoms with Crippen molar-refractivity contribution in [3.05, 3.63) is 46.1 Å². The normalized spacial score (nSPS) is 10.4. The number of anilines is 2. The fourth-order valence-electron chi connectivity index (χ4n) is 2.18. The van der Waals surface area contributed by atoms with Crippen LogP contribution in [0.15, 0.2) is 18.2 Å². The van der Waals surface area contributed by atoms with Gasteiger partial charge in [0.05, 0.1) is 11.3 Å². The molecule has 4 nitrogen and oxygen atoms in total. The van der Waals surface area contributed by atoms with Crippen molar-refractivity contribution in [1.82, 2.24) is 10.2 Å². The van der Waals surface area contributed by atoms with Crippen molar-refractivity contribution in [3.8, 4) is 0 Å². The molecule has 0 amide bonds. The lowest BCUT2D eigenvalue weighted by molar-refractivity contribution is 0.963. The van der Waals surface area contributed by atoms with E-state index in [1.54, 1.807) is 0 Å². The van der Waals surface area contributed by atoms with Gasteiger partial charge in [0.2, 0.25) is 0 Å². The van der Waals surface area contributed by atoms with Crippen molar-refractivity contribution in [3.63, 3.8) is 0 Å². The van der Waals surface area contributed by atoms with Gasteiger partial charge in [0.15, 0.2) is 5.82 Å². The van der Waals surface area contributed by atoms with E-state index in [0.29, 0.717) is 10.8 Å². The molecule has 20 heavy (non-hydrogen) atoms. The standard InChI is InChI=1S/C15H18N4S/c1-8-5-9(2)7-12(6-8)17-15-13(14(16)20)10(3)11(4)18-19-15/h5-7H,1-4H3,(H2,16,20)(H,17,19). The van der Waals surface area contributed by atoms with Crippen LogP contribution >= 0.6 is 12.2 Å². The number of thiocarbonyl (C=S) groups is 1. The summed E-state index contributed by atoms with van der Waals surface area (Å²) in [5, 5.41) is 11.6. The summed E-state index contributed by atoms with van der Waals surface area (Å²) in [6, 6.07) is 6.21. The largest absolute Gasteiger partial charge is 0.389 e. The smallest absolute Gasteiger partial charge is 0.163 e. The molecule has 5 heteroatoms. The van der Waals surface area contributed by atoms with Gasteiger partial charge in [-0.05, 0) is 56.5 Å². The van der Waals surface area contributed by atoms with E-state index in [1.165, 1.54) is 11.1 Å². The number of hydrogen-bond acceptors (Lipinski definition) is 4. The number of hydrogen-bond donors (Lipinski definition) is 2. The molecular weight excluding hydrogens is 268 g/mol. The first-order valence-corrected chi connectivity index (χ1v) is 6.78. The van der Waals surface area contributed by atoms with Crippen LogP contribution in [0.4, 0.5) is 11.5 Å². The maximum atomic E-state index is 5.82. The summed E-state index contributed by atoms with van der Waals surface area (Å²) in [5.74, 6) is 0.602. The van der Waals surface area contributed by atoms with Gasteiger partial charge in [0.25, 0.3) is 0 Å². The Labute approximate surface area is 124 Å². The first-order chi connectivity index (χ1) is 9.38. The highest BCUT2D eigenvalue weighted by Gasteiger charge is 2.13. The topological polar surface area (TPSA) is 63.8 Å². The molecule has 0 aliphatic carbocycles. The summed E-state index contributed by atoms with van der Waals surface area (Å²) in [4.78, 5) is 0.326. The predicted molar refractivity (Wildman–Crippen MR) is 86.6 cm³/mol. The van der Waals surface area contributed by atoms with Gasteiger partial charge in [-0.3, -0.25) is 0 Å². The number of benzene rings is 1. The average molecular weight is 286 g/mol. The number of nitrogens with zero attached hydrogens (tertiary/aromatic N) is 2. The van der Waals surface area contributed by atoms with Crippen LogP contribution in [-0.4, -0.2) is 15.2 Å². The van der Waals surface area contributed by atoms with Crippen molar-refractivity contribution in [2.24, 2.45) is 5.73 Å². The highest BCUT2D eigenvalue weighted by molar-refractivity contribution is 7.80. The predicted octanol–water partition coefficient (Wildman–Crippen LogP) is 3.09. The van der Waals surface area contributed by atoms with Crippen LogP contribution in [0.1, 0.15) is 27.9 Å². The molecule has 0 radical (unpaired) electrons. The maximum absolute atomic E-state index is 5.82. The minimum atomic E-state index is 0.326. The first-order valence-electron chi connectivity index (χ1n) is 6.37. The number of aryl methyl sites for hydroxylation is 3. The van der Waals surface area contributed by atoms with Crippen molar-refractivity contribution < 1.29 is 0 Å². The molecule has 0 atom stereocenters. The molecular formula is C15H18N4S. The van der Waals surface area contributed by atoms with Gasteiger partial charge in [-0.1, -0.05) is 18.3 Å². The molecule has 1 heterocycles. The van der Waals surface area contributed by atoms with E-state index in [4.69, 9.17) is 18.0 Å². The third-order valence-corrected chi connectivity index (χ3v) is 3.39. The zero-order chi connectivity index (χ0) is 14.9. The molecule has 0 bridgehead atoms. The van der Waals surface area contributed by atoms with E-state index < -0.39 is 0 Å². The summed E-state index contributed by atoms with van der Waals surface area (Å²) in [7, 11) is 0. The third-order valence-electron chi connectivity index (χ3n) is 3.19. The van der Waals surface area contributed by atoms with Crippen LogP contribution in [0, 0.1) is 27.7 Å². The Morgan fingerprint density at radius 2 is 1.65 bits per heavy atom. The third kappa shape index (κ3) is 2.93. The first kappa shape index (κ1) is 14.4. The van der Waals surface area contributed by atoms with Crippen molar-refractivity contribution >= 4 is 28.7 Å². The van der Waals surface area contributed by atoms with Crippen LogP contribution < -0.4 is 11.1 Å². The summed E-state index contributed by atoms with van der Waals surface area (Å²) in [6.45, 7) is 7.95. The van der Waals surface area contributed by atoms with E-state index in [1.807, 2.05) is 26.0 Å². The van der Waals surface area contributed by atoms with Gasteiger partial charge in [-0.2, -0.15) is 5.10 Å². The van der Waals surface area contributed by atoms with Gasteiger partial charge < -0.3 is 11.1 Å². The van der Waals surface area contributed by atoms with E-state index >= 15 is 0 Å². The van der Waals surface area contributed by atoms with Crippen LogP contribution in [0.25, 0.3) is 0 Å².